The third-order valence-electron chi connectivity index (χ3n) is 2.24. The number of hydrogen-bond acceptors (Lipinski definition) is 4. The molecule has 0 saturated carbocycles. The predicted octanol–water partition coefficient (Wildman–Crippen LogP) is 0.515. The molecule has 6 nitrogen and oxygen atoms in total. The minimum atomic E-state index is -1.06. The van der Waals surface area contributed by atoms with Crippen molar-refractivity contribution in [2.75, 3.05) is 24.6 Å². The second-order valence-electron chi connectivity index (χ2n) is 3.46. The van der Waals surface area contributed by atoms with Gasteiger partial charge in [0, 0.05) is 31.4 Å². The van der Waals surface area contributed by atoms with Gasteiger partial charge in [0.1, 0.15) is 0 Å². The monoisotopic (exact) mass is 237 g/mol. The molecule has 0 aliphatic rings. The molecule has 6 heteroatoms. The fourth-order valence-electron chi connectivity index (χ4n) is 1.31. The lowest BCUT2D eigenvalue weighted by Crippen LogP contribution is -2.20. The van der Waals surface area contributed by atoms with Gasteiger partial charge in [-0.3, -0.25) is 4.79 Å². The van der Waals surface area contributed by atoms with Gasteiger partial charge in [0.25, 0.3) is 0 Å². The lowest BCUT2D eigenvalue weighted by atomic mass is 10.1. The number of nitrogens with two attached hydrogens (primary N) is 1. The third-order valence-corrected chi connectivity index (χ3v) is 2.24. The van der Waals surface area contributed by atoms with Crippen LogP contribution in [-0.2, 0) is 4.79 Å². The summed E-state index contributed by atoms with van der Waals surface area (Å²) in [5.41, 5.74) is 6.54. The van der Waals surface area contributed by atoms with Crippen LogP contribution in [0.5, 0.6) is 0 Å². The Morgan fingerprint density at radius 2 is 2.12 bits per heavy atom. The first kappa shape index (κ1) is 12.8. The lowest BCUT2D eigenvalue weighted by molar-refractivity contribution is -0.120. The van der Waals surface area contributed by atoms with E-state index in [4.69, 9.17) is 10.8 Å². The van der Waals surface area contributed by atoms with Crippen molar-refractivity contribution in [3.8, 4) is 0 Å². The molecule has 0 fully saturated rings. The molecule has 1 amide bonds. The molecule has 1 aromatic rings. The van der Waals surface area contributed by atoms with Gasteiger partial charge in [0.15, 0.2) is 0 Å². The first-order chi connectivity index (χ1) is 8.04. The van der Waals surface area contributed by atoms with Crippen LogP contribution >= 0.6 is 0 Å². The molecule has 0 bridgehead atoms. The first-order valence-corrected chi connectivity index (χ1v) is 5.12. The zero-order valence-corrected chi connectivity index (χ0v) is 9.49. The molecule has 0 aliphatic heterocycles. The van der Waals surface area contributed by atoms with Crippen molar-refractivity contribution >= 4 is 23.3 Å². The molecule has 0 aliphatic carbocycles. The highest BCUT2D eigenvalue weighted by atomic mass is 16.4. The molecule has 0 aromatic heterocycles. The second kappa shape index (κ2) is 5.74. The molecule has 0 atom stereocenters. The molecule has 0 spiro atoms. The highest BCUT2D eigenvalue weighted by molar-refractivity contribution is 5.94. The molecule has 92 valence electrons. The molecule has 0 heterocycles. The number of benzene rings is 1. The first-order valence-electron chi connectivity index (χ1n) is 5.12. The van der Waals surface area contributed by atoms with E-state index in [1.807, 2.05) is 0 Å². The molecule has 0 unspecified atom stereocenters. The zero-order valence-electron chi connectivity index (χ0n) is 9.49. The maximum absolute atomic E-state index is 11.0. The van der Waals surface area contributed by atoms with E-state index in [1.54, 1.807) is 13.1 Å². The van der Waals surface area contributed by atoms with Crippen LogP contribution in [0.3, 0.4) is 0 Å². The summed E-state index contributed by atoms with van der Waals surface area (Å²) in [5, 5.41) is 14.3. The Morgan fingerprint density at radius 3 is 2.65 bits per heavy atom. The average molecular weight is 237 g/mol. The van der Waals surface area contributed by atoms with Crippen LogP contribution in [0, 0.1) is 0 Å². The number of amides is 1. The van der Waals surface area contributed by atoms with E-state index in [0.717, 1.165) is 0 Å². The number of hydrogen-bond donors (Lipinski definition) is 4. The van der Waals surface area contributed by atoms with E-state index in [-0.39, 0.29) is 17.2 Å². The maximum atomic E-state index is 11.0. The fraction of sp³-hybridized carbons (Fsp3) is 0.273. The van der Waals surface area contributed by atoms with Gasteiger partial charge in [-0.2, -0.15) is 0 Å². The molecule has 5 N–H and O–H groups in total. The summed E-state index contributed by atoms with van der Waals surface area (Å²) in [6.07, 6.45) is 0.344. The Hall–Kier alpha value is -2.24. The van der Waals surface area contributed by atoms with Crippen molar-refractivity contribution < 1.29 is 14.7 Å². The van der Waals surface area contributed by atoms with Crippen molar-refractivity contribution in [2.24, 2.45) is 0 Å². The van der Waals surface area contributed by atoms with Gasteiger partial charge in [-0.25, -0.2) is 4.79 Å². The molecular weight excluding hydrogens is 222 g/mol. The van der Waals surface area contributed by atoms with Crippen LogP contribution in [0.15, 0.2) is 18.2 Å². The van der Waals surface area contributed by atoms with Gasteiger partial charge in [-0.1, -0.05) is 0 Å². The normalized spacial score (nSPS) is 9.71. The summed E-state index contributed by atoms with van der Waals surface area (Å²) in [4.78, 5) is 21.7. The van der Waals surface area contributed by atoms with Crippen molar-refractivity contribution in [3.05, 3.63) is 23.8 Å². The molecule has 0 radical (unpaired) electrons. The van der Waals surface area contributed by atoms with Crippen LogP contribution < -0.4 is 16.4 Å². The minimum absolute atomic E-state index is 0.0624. The van der Waals surface area contributed by atoms with Gasteiger partial charge >= 0.3 is 5.97 Å². The Kier molecular flexibility index (Phi) is 4.33. The van der Waals surface area contributed by atoms with Crippen LogP contribution in [0.4, 0.5) is 11.4 Å². The Balaban J connectivity index is 2.59. The average Bonchev–Trinajstić information content (AvgIpc) is 2.28. The van der Waals surface area contributed by atoms with Crippen molar-refractivity contribution in [3.63, 3.8) is 0 Å². The largest absolute Gasteiger partial charge is 0.478 e. The topological polar surface area (TPSA) is 104 Å². The van der Waals surface area contributed by atoms with Gasteiger partial charge in [-0.05, 0) is 18.2 Å². The summed E-state index contributed by atoms with van der Waals surface area (Å²) in [7, 11) is 1.57. The summed E-state index contributed by atoms with van der Waals surface area (Å²) < 4.78 is 0. The number of carbonyl (C=O) groups excluding carboxylic acids is 1. The van der Waals surface area contributed by atoms with E-state index in [0.29, 0.717) is 18.7 Å². The fourth-order valence-corrected chi connectivity index (χ4v) is 1.31. The number of rotatable bonds is 5. The highest BCUT2D eigenvalue weighted by Gasteiger charge is 2.07. The Morgan fingerprint density at radius 1 is 1.41 bits per heavy atom. The number of carboxylic acids is 1. The summed E-state index contributed by atoms with van der Waals surface area (Å²) in [6.45, 7) is 0.464. The standard InChI is InChI=1S/C11H15N3O3/c1-13-10(15)4-5-14-7-2-3-8(11(16)17)9(12)6-7/h2-3,6,14H,4-5,12H2,1H3,(H,13,15)(H,16,17). The smallest absolute Gasteiger partial charge is 0.337 e. The van der Waals surface area contributed by atoms with E-state index in [2.05, 4.69) is 10.6 Å². The summed E-state index contributed by atoms with van der Waals surface area (Å²) >= 11 is 0. The third kappa shape index (κ3) is 3.67. The van der Waals surface area contributed by atoms with Gasteiger partial charge in [0.2, 0.25) is 5.91 Å². The van der Waals surface area contributed by atoms with E-state index in [9.17, 15) is 9.59 Å². The van der Waals surface area contributed by atoms with Gasteiger partial charge in [0.05, 0.1) is 5.56 Å². The number of carbonyl (C=O) groups is 2. The summed E-state index contributed by atoms with van der Waals surface area (Å²) in [5.74, 6) is -1.12. The van der Waals surface area contributed by atoms with Crippen LogP contribution in [0.2, 0.25) is 0 Å². The van der Waals surface area contributed by atoms with Crippen molar-refractivity contribution in [1.82, 2.24) is 5.32 Å². The van der Waals surface area contributed by atoms with Crippen LogP contribution in [0.25, 0.3) is 0 Å². The van der Waals surface area contributed by atoms with Crippen LogP contribution in [-0.4, -0.2) is 30.6 Å². The number of aromatic carboxylic acids is 1. The number of nitrogen functional groups attached to an aromatic ring is 1. The summed E-state index contributed by atoms with van der Waals surface area (Å²) in [6, 6.07) is 4.58. The Labute approximate surface area is 98.8 Å². The SMILES string of the molecule is CNC(=O)CCNc1ccc(C(=O)O)c(N)c1. The number of nitrogens with one attached hydrogen (secondary N) is 2. The Bertz CT molecular complexity index is 432. The molecule has 1 aromatic carbocycles. The van der Waals surface area contributed by atoms with Gasteiger partial charge < -0.3 is 21.5 Å². The minimum Gasteiger partial charge on any atom is -0.478 e. The number of carboxylic acid groups (broad SMARTS) is 1. The van der Waals surface area contributed by atoms with Crippen molar-refractivity contribution in [2.45, 2.75) is 6.42 Å². The quantitative estimate of drug-likeness (QED) is 0.559. The van der Waals surface area contributed by atoms with Crippen LogP contribution in [0.1, 0.15) is 16.8 Å². The molecular formula is C11H15N3O3. The second-order valence-corrected chi connectivity index (χ2v) is 3.46. The predicted molar refractivity (Wildman–Crippen MR) is 65.0 cm³/mol. The maximum Gasteiger partial charge on any atom is 0.337 e. The molecule has 17 heavy (non-hydrogen) atoms. The van der Waals surface area contributed by atoms with E-state index < -0.39 is 5.97 Å². The lowest BCUT2D eigenvalue weighted by Gasteiger charge is -2.08. The molecule has 1 rings (SSSR count). The van der Waals surface area contributed by atoms with E-state index >= 15 is 0 Å². The van der Waals surface area contributed by atoms with Gasteiger partial charge in [-0.15, -0.1) is 0 Å². The van der Waals surface area contributed by atoms with Crippen molar-refractivity contribution in [1.29, 1.82) is 0 Å². The van der Waals surface area contributed by atoms with E-state index in [1.165, 1.54) is 12.1 Å². The highest BCUT2D eigenvalue weighted by Crippen LogP contribution is 2.17. The zero-order chi connectivity index (χ0) is 12.8. The molecule has 0 saturated heterocycles. The number of anilines is 2.